The maximum atomic E-state index is 5.24. The zero-order valence-electron chi connectivity index (χ0n) is 14.2. The van der Waals surface area contributed by atoms with Crippen molar-refractivity contribution in [2.45, 2.75) is 26.2 Å². The molecule has 0 saturated carbocycles. The van der Waals surface area contributed by atoms with Crippen molar-refractivity contribution >= 4 is 27.2 Å². The summed E-state index contributed by atoms with van der Waals surface area (Å²) in [6.45, 7) is 2.33. The second-order valence-electron chi connectivity index (χ2n) is 6.72. The molecule has 3 heterocycles. The van der Waals surface area contributed by atoms with Gasteiger partial charge in [0.1, 0.15) is 16.9 Å². The summed E-state index contributed by atoms with van der Waals surface area (Å²) >= 11 is 1.82. The molecule has 1 atom stereocenters. The van der Waals surface area contributed by atoms with Crippen molar-refractivity contribution < 1.29 is 4.74 Å². The average Bonchev–Trinajstić information content (AvgIpc) is 3.21. The second kappa shape index (κ2) is 5.52. The number of aryl methyl sites for hydroxylation is 1. The van der Waals surface area contributed by atoms with Gasteiger partial charge in [0.15, 0.2) is 11.5 Å². The van der Waals surface area contributed by atoms with E-state index in [0.29, 0.717) is 0 Å². The molecule has 4 aromatic rings. The third-order valence-corrected chi connectivity index (χ3v) is 6.21. The van der Waals surface area contributed by atoms with Crippen LogP contribution >= 0.6 is 11.3 Å². The van der Waals surface area contributed by atoms with Crippen molar-refractivity contribution in [3.63, 3.8) is 0 Å². The first-order valence-corrected chi connectivity index (χ1v) is 9.34. The van der Waals surface area contributed by atoms with Gasteiger partial charge in [0.2, 0.25) is 0 Å². The average molecular weight is 350 g/mol. The number of benzene rings is 1. The Bertz CT molecular complexity index is 1080. The molecule has 5 rings (SSSR count). The summed E-state index contributed by atoms with van der Waals surface area (Å²) in [5, 5.41) is 10.2. The van der Waals surface area contributed by atoms with Crippen LogP contribution < -0.4 is 4.74 Å². The number of hydrogen-bond acceptors (Lipinski definition) is 5. The summed E-state index contributed by atoms with van der Waals surface area (Å²) in [6.07, 6.45) is 5.35. The zero-order chi connectivity index (χ0) is 17.0. The molecule has 0 radical (unpaired) electrons. The molecule has 0 unspecified atom stereocenters. The van der Waals surface area contributed by atoms with E-state index in [0.717, 1.165) is 46.4 Å². The van der Waals surface area contributed by atoms with Gasteiger partial charge in [0, 0.05) is 10.4 Å². The molecule has 126 valence electrons. The Labute approximate surface area is 149 Å². The van der Waals surface area contributed by atoms with Crippen molar-refractivity contribution in [1.82, 2.24) is 19.6 Å². The number of fused-ring (bicyclic) bond motifs is 5. The SMILES string of the molecule is COc1ccc(-c2nnc3c4c5c(sc4ncn23)C[C@@H](C)CC5)cc1. The Morgan fingerprint density at radius 2 is 2.04 bits per heavy atom. The smallest absolute Gasteiger partial charge is 0.172 e. The number of nitrogens with zero attached hydrogens (tertiary/aromatic N) is 4. The van der Waals surface area contributed by atoms with Gasteiger partial charge in [-0.3, -0.25) is 4.40 Å². The molecule has 1 aromatic carbocycles. The molecule has 0 aliphatic heterocycles. The van der Waals surface area contributed by atoms with Crippen LogP contribution in [0.4, 0.5) is 0 Å². The molecular formula is C19H18N4OS. The number of aromatic nitrogens is 4. The van der Waals surface area contributed by atoms with Gasteiger partial charge in [0.25, 0.3) is 0 Å². The molecule has 1 aliphatic rings. The molecule has 0 spiro atoms. The Morgan fingerprint density at radius 3 is 2.84 bits per heavy atom. The molecule has 0 amide bonds. The van der Waals surface area contributed by atoms with E-state index in [2.05, 4.69) is 17.1 Å². The van der Waals surface area contributed by atoms with Crippen LogP contribution in [0.3, 0.4) is 0 Å². The minimum absolute atomic E-state index is 0.754. The number of rotatable bonds is 2. The van der Waals surface area contributed by atoms with Crippen molar-refractivity contribution in [3.8, 4) is 17.1 Å². The lowest BCUT2D eigenvalue weighted by Gasteiger charge is -2.17. The highest BCUT2D eigenvalue weighted by Gasteiger charge is 2.24. The quantitative estimate of drug-likeness (QED) is 0.545. The van der Waals surface area contributed by atoms with E-state index in [1.54, 1.807) is 7.11 Å². The van der Waals surface area contributed by atoms with Crippen LogP contribution in [0, 0.1) is 5.92 Å². The van der Waals surface area contributed by atoms with E-state index in [4.69, 9.17) is 9.72 Å². The van der Waals surface area contributed by atoms with Gasteiger partial charge in [-0.25, -0.2) is 4.98 Å². The highest BCUT2D eigenvalue weighted by molar-refractivity contribution is 7.19. The minimum atomic E-state index is 0.754. The second-order valence-corrected chi connectivity index (χ2v) is 7.81. The fraction of sp³-hybridized carbons (Fsp3) is 0.316. The van der Waals surface area contributed by atoms with E-state index in [1.807, 2.05) is 46.3 Å². The van der Waals surface area contributed by atoms with E-state index in [9.17, 15) is 0 Å². The predicted octanol–water partition coefficient (Wildman–Crippen LogP) is 4.14. The standard InChI is InChI=1S/C19H18N4OS/c1-11-3-8-14-15(9-11)25-19-16(14)18-22-21-17(23(18)10-20-19)12-4-6-13(24-2)7-5-12/h4-7,10-11H,3,8-9H2,1-2H3/t11-/m0/s1. The summed E-state index contributed by atoms with van der Waals surface area (Å²) in [5.41, 5.74) is 3.36. The summed E-state index contributed by atoms with van der Waals surface area (Å²) < 4.78 is 7.25. The summed E-state index contributed by atoms with van der Waals surface area (Å²) in [4.78, 5) is 7.27. The van der Waals surface area contributed by atoms with Gasteiger partial charge in [-0.2, -0.15) is 0 Å². The zero-order valence-corrected chi connectivity index (χ0v) is 15.0. The molecule has 0 N–H and O–H groups in total. The first kappa shape index (κ1) is 14.8. The molecular weight excluding hydrogens is 332 g/mol. The number of thiophene rings is 1. The highest BCUT2D eigenvalue weighted by atomic mass is 32.1. The largest absolute Gasteiger partial charge is 0.497 e. The van der Waals surface area contributed by atoms with E-state index >= 15 is 0 Å². The van der Waals surface area contributed by atoms with Crippen molar-refractivity contribution in [3.05, 3.63) is 41.0 Å². The molecule has 5 nitrogen and oxygen atoms in total. The fourth-order valence-corrected chi connectivity index (χ4v) is 5.02. The lowest BCUT2D eigenvalue weighted by molar-refractivity contribution is 0.415. The summed E-state index contributed by atoms with van der Waals surface area (Å²) in [6, 6.07) is 7.89. The van der Waals surface area contributed by atoms with Crippen LogP contribution in [0.25, 0.3) is 27.3 Å². The summed E-state index contributed by atoms with van der Waals surface area (Å²) in [7, 11) is 1.67. The van der Waals surface area contributed by atoms with Gasteiger partial charge in [-0.1, -0.05) is 6.92 Å². The molecule has 0 fully saturated rings. The third kappa shape index (κ3) is 2.24. The van der Waals surface area contributed by atoms with Crippen LogP contribution in [0.1, 0.15) is 23.8 Å². The Balaban J connectivity index is 1.71. The number of ether oxygens (including phenoxy) is 1. The highest BCUT2D eigenvalue weighted by Crippen LogP contribution is 2.39. The minimum Gasteiger partial charge on any atom is -0.497 e. The van der Waals surface area contributed by atoms with Crippen LogP contribution in [-0.2, 0) is 12.8 Å². The van der Waals surface area contributed by atoms with Crippen LogP contribution in [0.15, 0.2) is 30.6 Å². The van der Waals surface area contributed by atoms with Crippen molar-refractivity contribution in [2.24, 2.45) is 5.92 Å². The van der Waals surface area contributed by atoms with E-state index in [-0.39, 0.29) is 0 Å². The first-order chi connectivity index (χ1) is 12.2. The predicted molar refractivity (Wildman–Crippen MR) is 99.3 cm³/mol. The fourth-order valence-electron chi connectivity index (χ4n) is 3.68. The van der Waals surface area contributed by atoms with E-state index in [1.165, 1.54) is 22.2 Å². The van der Waals surface area contributed by atoms with Crippen LogP contribution in [0.2, 0.25) is 0 Å². The first-order valence-electron chi connectivity index (χ1n) is 8.53. The normalized spacial score (nSPS) is 17.1. The maximum Gasteiger partial charge on any atom is 0.172 e. The topological polar surface area (TPSA) is 52.3 Å². The molecule has 3 aromatic heterocycles. The molecule has 25 heavy (non-hydrogen) atoms. The third-order valence-electron chi connectivity index (χ3n) is 5.05. The van der Waals surface area contributed by atoms with Gasteiger partial charge >= 0.3 is 0 Å². The Hall–Kier alpha value is -2.47. The van der Waals surface area contributed by atoms with Crippen molar-refractivity contribution in [2.75, 3.05) is 7.11 Å². The summed E-state index contributed by atoms with van der Waals surface area (Å²) in [5.74, 6) is 2.40. The number of methoxy groups -OCH3 is 1. The van der Waals surface area contributed by atoms with Crippen LogP contribution in [-0.4, -0.2) is 26.7 Å². The Kier molecular flexibility index (Phi) is 3.28. The van der Waals surface area contributed by atoms with Gasteiger partial charge in [-0.15, -0.1) is 21.5 Å². The van der Waals surface area contributed by atoms with Gasteiger partial charge in [-0.05, 0) is 55.0 Å². The van der Waals surface area contributed by atoms with Gasteiger partial charge < -0.3 is 4.74 Å². The molecule has 1 aliphatic carbocycles. The molecule has 6 heteroatoms. The number of hydrogen-bond donors (Lipinski definition) is 0. The molecule has 0 bridgehead atoms. The Morgan fingerprint density at radius 1 is 1.20 bits per heavy atom. The van der Waals surface area contributed by atoms with Gasteiger partial charge in [0.05, 0.1) is 12.5 Å². The van der Waals surface area contributed by atoms with Crippen molar-refractivity contribution in [1.29, 1.82) is 0 Å². The lowest BCUT2D eigenvalue weighted by Crippen LogP contribution is -2.08. The lowest BCUT2D eigenvalue weighted by atomic mass is 9.89. The van der Waals surface area contributed by atoms with E-state index < -0.39 is 0 Å². The molecule has 0 saturated heterocycles. The van der Waals surface area contributed by atoms with Crippen LogP contribution in [0.5, 0.6) is 5.75 Å². The maximum absolute atomic E-state index is 5.24. The monoisotopic (exact) mass is 350 g/mol.